The first kappa shape index (κ1) is 16.7. The van der Waals surface area contributed by atoms with E-state index < -0.39 is 0 Å². The fraction of sp³-hybridized carbons (Fsp3) is 0.389. The van der Waals surface area contributed by atoms with Gasteiger partial charge >= 0.3 is 0 Å². The van der Waals surface area contributed by atoms with Crippen LogP contribution in [0.25, 0.3) is 0 Å². The molecule has 0 bridgehead atoms. The third-order valence-electron chi connectivity index (χ3n) is 4.37. The van der Waals surface area contributed by atoms with Gasteiger partial charge in [0.15, 0.2) is 11.0 Å². The van der Waals surface area contributed by atoms with Gasteiger partial charge in [-0.15, -0.1) is 10.2 Å². The van der Waals surface area contributed by atoms with Gasteiger partial charge < -0.3 is 9.64 Å². The second-order valence-corrected chi connectivity index (χ2v) is 6.36. The fourth-order valence-electron chi connectivity index (χ4n) is 2.91. The number of halogens is 1. The number of anilines is 1. The number of rotatable bonds is 6. The van der Waals surface area contributed by atoms with Crippen LogP contribution in [-0.2, 0) is 0 Å². The van der Waals surface area contributed by atoms with Crippen molar-refractivity contribution < 1.29 is 9.53 Å². The number of hydrogen-bond acceptors (Lipinski definition) is 5. The zero-order chi connectivity index (χ0) is 16.8. The third kappa shape index (κ3) is 4.45. The Kier molecular flexibility index (Phi) is 5.64. The lowest BCUT2D eigenvalue weighted by molar-refractivity contribution is 0.112. The molecule has 1 saturated heterocycles. The summed E-state index contributed by atoms with van der Waals surface area (Å²) in [6.07, 6.45) is 4.12. The van der Waals surface area contributed by atoms with E-state index in [-0.39, 0.29) is 0 Å². The first-order chi connectivity index (χ1) is 11.7. The van der Waals surface area contributed by atoms with Gasteiger partial charge in [-0.3, -0.25) is 4.79 Å². The molecule has 1 aromatic carbocycles. The normalized spacial score (nSPS) is 15.3. The molecule has 0 radical (unpaired) electrons. The molecule has 0 saturated carbocycles. The Hall–Kier alpha value is -2.14. The van der Waals surface area contributed by atoms with Crippen LogP contribution in [0, 0.1) is 5.92 Å². The standard InChI is InChI=1S/C18H20ClN3O2/c19-17-5-6-18(21-20-17)22-10-7-14(8-11-22)9-12-24-16-3-1-15(13-23)2-4-16/h1-6,13-14H,7-12H2. The molecule has 1 aliphatic rings. The number of hydrogen-bond donors (Lipinski definition) is 0. The number of carbonyl (C=O) groups is 1. The quantitative estimate of drug-likeness (QED) is 0.748. The Morgan fingerprint density at radius 1 is 1.12 bits per heavy atom. The van der Waals surface area contributed by atoms with Crippen molar-refractivity contribution in [3.05, 3.63) is 47.1 Å². The van der Waals surface area contributed by atoms with E-state index in [1.807, 2.05) is 18.2 Å². The lowest BCUT2D eigenvalue weighted by atomic mass is 9.94. The van der Waals surface area contributed by atoms with Crippen molar-refractivity contribution in [3.8, 4) is 5.75 Å². The molecular formula is C18H20ClN3O2. The van der Waals surface area contributed by atoms with E-state index in [0.717, 1.165) is 50.2 Å². The van der Waals surface area contributed by atoms with E-state index in [2.05, 4.69) is 15.1 Å². The first-order valence-corrected chi connectivity index (χ1v) is 8.54. The molecule has 2 heterocycles. The van der Waals surface area contributed by atoms with Gasteiger partial charge in [0.1, 0.15) is 12.0 Å². The highest BCUT2D eigenvalue weighted by Gasteiger charge is 2.20. The molecule has 0 spiro atoms. The number of carbonyl (C=O) groups excluding carboxylic acids is 1. The van der Waals surface area contributed by atoms with E-state index in [4.69, 9.17) is 16.3 Å². The average molecular weight is 346 g/mol. The van der Waals surface area contributed by atoms with Gasteiger partial charge in [-0.25, -0.2) is 0 Å². The summed E-state index contributed by atoms with van der Waals surface area (Å²) in [5.41, 5.74) is 0.667. The SMILES string of the molecule is O=Cc1ccc(OCCC2CCN(c3ccc(Cl)nn3)CC2)cc1. The molecule has 1 aliphatic heterocycles. The maximum atomic E-state index is 10.6. The second kappa shape index (κ2) is 8.11. The minimum absolute atomic E-state index is 0.423. The highest BCUT2D eigenvalue weighted by atomic mass is 35.5. The molecule has 0 atom stereocenters. The van der Waals surface area contributed by atoms with E-state index >= 15 is 0 Å². The zero-order valence-corrected chi connectivity index (χ0v) is 14.2. The van der Waals surface area contributed by atoms with Crippen molar-refractivity contribution in [1.82, 2.24) is 10.2 Å². The lowest BCUT2D eigenvalue weighted by Crippen LogP contribution is -2.34. The van der Waals surface area contributed by atoms with Crippen molar-refractivity contribution in [2.24, 2.45) is 5.92 Å². The fourth-order valence-corrected chi connectivity index (χ4v) is 3.02. The maximum absolute atomic E-state index is 10.6. The van der Waals surface area contributed by atoms with E-state index in [9.17, 15) is 4.79 Å². The van der Waals surface area contributed by atoms with Gasteiger partial charge in [-0.1, -0.05) is 11.6 Å². The van der Waals surface area contributed by atoms with Crippen molar-refractivity contribution in [3.63, 3.8) is 0 Å². The van der Waals surface area contributed by atoms with Gasteiger partial charge in [-0.05, 0) is 61.6 Å². The van der Waals surface area contributed by atoms with Gasteiger partial charge in [0, 0.05) is 18.7 Å². The summed E-state index contributed by atoms with van der Waals surface area (Å²) >= 11 is 5.78. The Bertz CT molecular complexity index is 653. The summed E-state index contributed by atoms with van der Waals surface area (Å²) in [6, 6.07) is 10.9. The molecule has 3 rings (SSSR count). The zero-order valence-electron chi connectivity index (χ0n) is 13.4. The molecular weight excluding hydrogens is 326 g/mol. The predicted octanol–water partition coefficient (Wildman–Crippen LogP) is 3.63. The van der Waals surface area contributed by atoms with Gasteiger partial charge in [0.05, 0.1) is 6.61 Å². The first-order valence-electron chi connectivity index (χ1n) is 8.17. The molecule has 126 valence electrons. The van der Waals surface area contributed by atoms with Gasteiger partial charge in [-0.2, -0.15) is 0 Å². The van der Waals surface area contributed by atoms with Gasteiger partial charge in [0.25, 0.3) is 0 Å². The molecule has 0 N–H and O–H groups in total. The van der Waals surface area contributed by atoms with Crippen molar-refractivity contribution in [1.29, 1.82) is 0 Å². The van der Waals surface area contributed by atoms with Crippen molar-refractivity contribution in [2.45, 2.75) is 19.3 Å². The maximum Gasteiger partial charge on any atom is 0.151 e. The van der Waals surface area contributed by atoms with Crippen LogP contribution in [0.3, 0.4) is 0 Å². The Morgan fingerprint density at radius 2 is 1.88 bits per heavy atom. The summed E-state index contributed by atoms with van der Waals surface area (Å²) < 4.78 is 5.77. The Labute approximate surface area is 146 Å². The molecule has 6 heteroatoms. The summed E-state index contributed by atoms with van der Waals surface area (Å²) in [7, 11) is 0. The van der Waals surface area contributed by atoms with Crippen LogP contribution in [-0.4, -0.2) is 36.2 Å². The summed E-state index contributed by atoms with van der Waals surface area (Å²) in [4.78, 5) is 12.9. The summed E-state index contributed by atoms with van der Waals surface area (Å²) in [5, 5.41) is 8.46. The summed E-state index contributed by atoms with van der Waals surface area (Å²) in [5.74, 6) is 2.37. The molecule has 24 heavy (non-hydrogen) atoms. The molecule has 5 nitrogen and oxygen atoms in total. The number of aldehydes is 1. The van der Waals surface area contributed by atoms with Gasteiger partial charge in [0.2, 0.25) is 0 Å². The summed E-state index contributed by atoms with van der Waals surface area (Å²) in [6.45, 7) is 2.66. The Morgan fingerprint density at radius 3 is 2.50 bits per heavy atom. The lowest BCUT2D eigenvalue weighted by Gasteiger charge is -2.32. The van der Waals surface area contributed by atoms with Crippen molar-refractivity contribution >= 4 is 23.7 Å². The van der Waals surface area contributed by atoms with Crippen LogP contribution in [0.5, 0.6) is 5.75 Å². The molecule has 0 amide bonds. The topological polar surface area (TPSA) is 55.3 Å². The molecule has 0 aliphatic carbocycles. The number of ether oxygens (including phenoxy) is 1. The number of piperidine rings is 1. The van der Waals surface area contributed by atoms with Crippen molar-refractivity contribution in [2.75, 3.05) is 24.6 Å². The van der Waals surface area contributed by atoms with Crippen LogP contribution in [0.2, 0.25) is 5.15 Å². The van der Waals surface area contributed by atoms with Crippen LogP contribution in [0.15, 0.2) is 36.4 Å². The van der Waals surface area contributed by atoms with E-state index in [1.54, 1.807) is 18.2 Å². The average Bonchev–Trinajstić information content (AvgIpc) is 2.64. The Balaban J connectivity index is 1.40. The van der Waals surface area contributed by atoms with Crippen LogP contribution < -0.4 is 9.64 Å². The third-order valence-corrected chi connectivity index (χ3v) is 4.57. The molecule has 0 unspecified atom stereocenters. The minimum Gasteiger partial charge on any atom is -0.494 e. The monoisotopic (exact) mass is 345 g/mol. The highest BCUT2D eigenvalue weighted by molar-refractivity contribution is 6.29. The molecule has 2 aromatic rings. The molecule has 1 aromatic heterocycles. The largest absolute Gasteiger partial charge is 0.494 e. The van der Waals surface area contributed by atoms with Crippen LogP contribution in [0.1, 0.15) is 29.6 Å². The number of benzene rings is 1. The molecule has 1 fully saturated rings. The van der Waals surface area contributed by atoms with E-state index in [1.165, 1.54) is 0 Å². The minimum atomic E-state index is 0.423. The highest BCUT2D eigenvalue weighted by Crippen LogP contribution is 2.24. The van der Waals surface area contributed by atoms with E-state index in [0.29, 0.717) is 23.2 Å². The second-order valence-electron chi connectivity index (χ2n) is 5.97. The number of aromatic nitrogens is 2. The van der Waals surface area contributed by atoms with Crippen LogP contribution in [0.4, 0.5) is 5.82 Å². The number of nitrogens with zero attached hydrogens (tertiary/aromatic N) is 3. The van der Waals surface area contributed by atoms with Crippen LogP contribution >= 0.6 is 11.6 Å². The smallest absolute Gasteiger partial charge is 0.151 e. The predicted molar refractivity (Wildman–Crippen MR) is 93.9 cm³/mol.